The molecule has 2 aromatic rings. The summed E-state index contributed by atoms with van der Waals surface area (Å²) in [7, 11) is 1.57. The van der Waals surface area contributed by atoms with E-state index in [9.17, 15) is 9.59 Å². The van der Waals surface area contributed by atoms with Gasteiger partial charge in [0.1, 0.15) is 0 Å². The van der Waals surface area contributed by atoms with Crippen LogP contribution in [0.1, 0.15) is 29.8 Å². The molecule has 1 N–H and O–H groups in total. The van der Waals surface area contributed by atoms with E-state index >= 15 is 0 Å². The third-order valence-corrected chi connectivity index (χ3v) is 4.82. The number of ketones is 1. The minimum absolute atomic E-state index is 0.206. The molecule has 6 heteroatoms. The first-order valence-corrected chi connectivity index (χ1v) is 8.29. The SMILES string of the molecule is CCc1ccc(Br)c2[nH]c(SCOC)c(C(C)=O)c(=O)c12. The number of carbonyl (C=O) groups excluding carboxylic acids is 1. The Hall–Kier alpha value is -1.11. The Labute approximate surface area is 135 Å². The Bertz CT molecular complexity index is 755. The van der Waals surface area contributed by atoms with Crippen molar-refractivity contribution >= 4 is 44.4 Å². The number of halogens is 1. The van der Waals surface area contributed by atoms with E-state index in [2.05, 4.69) is 20.9 Å². The molecule has 0 unspecified atom stereocenters. The standard InChI is InChI=1S/C15H16BrNO3S/c1-4-9-5-6-10(16)13-12(9)14(19)11(8(2)18)15(17-13)21-7-20-3/h5-6H,4,7H2,1-3H3,(H,17,19). The van der Waals surface area contributed by atoms with E-state index in [1.54, 1.807) is 7.11 Å². The van der Waals surface area contributed by atoms with E-state index in [0.29, 0.717) is 16.4 Å². The van der Waals surface area contributed by atoms with Crippen molar-refractivity contribution in [3.05, 3.63) is 38.0 Å². The summed E-state index contributed by atoms with van der Waals surface area (Å²) >= 11 is 4.77. The van der Waals surface area contributed by atoms with Gasteiger partial charge in [0.25, 0.3) is 0 Å². The molecule has 0 amide bonds. The van der Waals surface area contributed by atoms with Gasteiger partial charge in [-0.05, 0) is 40.9 Å². The molecular weight excluding hydrogens is 354 g/mol. The molecule has 0 saturated carbocycles. The molecule has 112 valence electrons. The summed E-state index contributed by atoms with van der Waals surface area (Å²) in [5.74, 6) is 0.131. The first-order valence-electron chi connectivity index (χ1n) is 6.51. The van der Waals surface area contributed by atoms with Gasteiger partial charge >= 0.3 is 0 Å². The molecule has 0 aliphatic carbocycles. The monoisotopic (exact) mass is 369 g/mol. The van der Waals surface area contributed by atoms with Crippen molar-refractivity contribution in [1.82, 2.24) is 4.98 Å². The fraction of sp³-hybridized carbons (Fsp3) is 0.333. The molecule has 0 spiro atoms. The third kappa shape index (κ3) is 3.07. The van der Waals surface area contributed by atoms with Crippen LogP contribution < -0.4 is 5.43 Å². The zero-order chi connectivity index (χ0) is 15.6. The minimum Gasteiger partial charge on any atom is -0.374 e. The summed E-state index contributed by atoms with van der Waals surface area (Å²) in [5, 5.41) is 1.13. The molecule has 0 radical (unpaired) electrons. The number of Topliss-reactive ketones (excluding diaryl/α,β-unsaturated/α-hetero) is 1. The molecular formula is C15H16BrNO3S. The Kier molecular flexibility index (Phi) is 5.24. The van der Waals surface area contributed by atoms with E-state index < -0.39 is 0 Å². The number of nitrogens with one attached hydrogen (secondary N) is 1. The van der Waals surface area contributed by atoms with Crippen LogP contribution in [0.25, 0.3) is 10.9 Å². The number of hydrogen-bond donors (Lipinski definition) is 1. The van der Waals surface area contributed by atoms with Crippen LogP contribution in [0.15, 0.2) is 26.4 Å². The van der Waals surface area contributed by atoms with E-state index in [4.69, 9.17) is 4.74 Å². The second-order valence-electron chi connectivity index (χ2n) is 4.58. The molecule has 1 aromatic carbocycles. The Morgan fingerprint density at radius 2 is 2.14 bits per heavy atom. The molecule has 1 heterocycles. The van der Waals surface area contributed by atoms with Gasteiger partial charge in [-0.3, -0.25) is 9.59 Å². The lowest BCUT2D eigenvalue weighted by atomic mass is 10.0. The van der Waals surface area contributed by atoms with Gasteiger partial charge in [0.15, 0.2) is 5.78 Å². The zero-order valence-electron chi connectivity index (χ0n) is 12.1. The highest BCUT2D eigenvalue weighted by molar-refractivity contribution is 9.10. The average molecular weight is 370 g/mol. The number of hydrogen-bond acceptors (Lipinski definition) is 4. The van der Waals surface area contributed by atoms with Crippen molar-refractivity contribution in [2.45, 2.75) is 25.3 Å². The van der Waals surface area contributed by atoms with Crippen LogP contribution in [-0.2, 0) is 11.2 Å². The van der Waals surface area contributed by atoms with Gasteiger partial charge < -0.3 is 9.72 Å². The highest BCUT2D eigenvalue weighted by Crippen LogP contribution is 2.28. The Balaban J connectivity index is 2.87. The fourth-order valence-electron chi connectivity index (χ4n) is 2.25. The summed E-state index contributed by atoms with van der Waals surface area (Å²) in [6, 6.07) is 3.82. The molecule has 0 aliphatic heterocycles. The molecule has 0 aliphatic rings. The molecule has 1 aromatic heterocycles. The van der Waals surface area contributed by atoms with Crippen molar-refractivity contribution in [2.24, 2.45) is 0 Å². The van der Waals surface area contributed by atoms with Gasteiger partial charge in [0.2, 0.25) is 5.43 Å². The fourth-order valence-corrected chi connectivity index (χ4v) is 3.47. The van der Waals surface area contributed by atoms with E-state index in [0.717, 1.165) is 22.0 Å². The normalized spacial score (nSPS) is 11.0. The Morgan fingerprint density at radius 1 is 1.43 bits per heavy atom. The first-order chi connectivity index (χ1) is 10.0. The maximum absolute atomic E-state index is 12.8. The molecule has 0 bridgehead atoms. The smallest absolute Gasteiger partial charge is 0.201 e. The van der Waals surface area contributed by atoms with Gasteiger partial charge in [0, 0.05) is 11.6 Å². The van der Waals surface area contributed by atoms with E-state index in [1.165, 1.54) is 18.7 Å². The summed E-state index contributed by atoms with van der Waals surface area (Å²) in [4.78, 5) is 27.9. The summed E-state index contributed by atoms with van der Waals surface area (Å²) in [6.45, 7) is 3.40. The molecule has 0 saturated heterocycles. The quantitative estimate of drug-likeness (QED) is 0.495. The van der Waals surface area contributed by atoms with Gasteiger partial charge in [-0.15, -0.1) is 0 Å². The highest BCUT2D eigenvalue weighted by Gasteiger charge is 2.19. The number of thioether (sulfide) groups is 1. The van der Waals surface area contributed by atoms with Crippen LogP contribution in [0.4, 0.5) is 0 Å². The predicted octanol–water partition coefficient (Wildman–Crippen LogP) is 3.75. The van der Waals surface area contributed by atoms with Gasteiger partial charge in [0.05, 0.1) is 27.4 Å². The lowest BCUT2D eigenvalue weighted by Crippen LogP contribution is -2.18. The van der Waals surface area contributed by atoms with Gasteiger partial charge in [-0.2, -0.15) is 0 Å². The van der Waals surface area contributed by atoms with Gasteiger partial charge in [-0.1, -0.05) is 24.8 Å². The van der Waals surface area contributed by atoms with Gasteiger partial charge in [-0.25, -0.2) is 0 Å². The van der Waals surface area contributed by atoms with E-state index in [-0.39, 0.29) is 16.8 Å². The first kappa shape index (κ1) is 16.3. The lowest BCUT2D eigenvalue weighted by Gasteiger charge is -2.12. The zero-order valence-corrected chi connectivity index (χ0v) is 14.5. The molecule has 2 rings (SSSR count). The van der Waals surface area contributed by atoms with Crippen molar-refractivity contribution in [3.8, 4) is 0 Å². The maximum Gasteiger partial charge on any atom is 0.201 e. The molecule has 0 fully saturated rings. The summed E-state index contributed by atoms with van der Waals surface area (Å²) in [6.07, 6.45) is 0.731. The van der Waals surface area contributed by atoms with Crippen molar-refractivity contribution in [1.29, 1.82) is 0 Å². The van der Waals surface area contributed by atoms with Crippen LogP contribution in [-0.4, -0.2) is 23.8 Å². The number of rotatable bonds is 5. The second-order valence-corrected chi connectivity index (χ2v) is 6.36. The largest absolute Gasteiger partial charge is 0.374 e. The third-order valence-electron chi connectivity index (χ3n) is 3.21. The van der Waals surface area contributed by atoms with Crippen LogP contribution in [0, 0.1) is 0 Å². The van der Waals surface area contributed by atoms with Crippen molar-refractivity contribution < 1.29 is 9.53 Å². The number of fused-ring (bicyclic) bond motifs is 1. The number of aryl methyl sites for hydroxylation is 1. The van der Waals surface area contributed by atoms with Crippen LogP contribution in [0.5, 0.6) is 0 Å². The van der Waals surface area contributed by atoms with E-state index in [1.807, 2.05) is 19.1 Å². The second kappa shape index (κ2) is 6.77. The van der Waals surface area contributed by atoms with Crippen LogP contribution in [0.3, 0.4) is 0 Å². The number of aromatic nitrogens is 1. The number of H-pyrrole nitrogens is 1. The van der Waals surface area contributed by atoms with Crippen LogP contribution in [0.2, 0.25) is 0 Å². The minimum atomic E-state index is -0.237. The number of pyridine rings is 1. The number of benzene rings is 1. The molecule has 21 heavy (non-hydrogen) atoms. The predicted molar refractivity (Wildman–Crippen MR) is 89.4 cm³/mol. The number of aromatic amines is 1. The summed E-state index contributed by atoms with van der Waals surface area (Å²) in [5.41, 5.74) is 1.65. The average Bonchev–Trinajstić information content (AvgIpc) is 2.45. The highest BCUT2D eigenvalue weighted by atomic mass is 79.9. The number of methoxy groups -OCH3 is 1. The topological polar surface area (TPSA) is 59.2 Å². The van der Waals surface area contributed by atoms with Crippen molar-refractivity contribution in [3.63, 3.8) is 0 Å². The maximum atomic E-state index is 12.8. The lowest BCUT2D eigenvalue weighted by molar-refractivity contribution is 0.101. The van der Waals surface area contributed by atoms with Crippen LogP contribution >= 0.6 is 27.7 Å². The summed E-state index contributed by atoms with van der Waals surface area (Å²) < 4.78 is 5.83. The Morgan fingerprint density at radius 3 is 2.71 bits per heavy atom. The van der Waals surface area contributed by atoms with Crippen molar-refractivity contribution in [2.75, 3.05) is 13.0 Å². The number of ether oxygens (including phenoxy) is 1. The molecule has 0 atom stereocenters. The molecule has 4 nitrogen and oxygen atoms in total. The number of carbonyl (C=O) groups is 1.